The average Bonchev–Trinajstić information content (AvgIpc) is 3.16. The van der Waals surface area contributed by atoms with Gasteiger partial charge in [0, 0.05) is 23.8 Å². The Labute approximate surface area is 234 Å². The Balaban J connectivity index is 1.61. The van der Waals surface area contributed by atoms with E-state index in [1.165, 1.54) is 0 Å². The van der Waals surface area contributed by atoms with E-state index in [4.69, 9.17) is 21.1 Å². The average molecular weight is 570 g/mol. The molecule has 1 aromatic carbocycles. The zero-order valence-electron chi connectivity index (χ0n) is 22.1. The minimum absolute atomic E-state index is 0.0383. The zero-order valence-corrected chi connectivity index (χ0v) is 22.9. The molecule has 2 rings (SSSR count). The molecule has 0 bridgehead atoms. The summed E-state index contributed by atoms with van der Waals surface area (Å²) in [7, 11) is 0. The number of hydrogen-bond donors (Lipinski definition) is 3. The van der Waals surface area contributed by atoms with E-state index in [1.54, 1.807) is 36.4 Å². The number of benzene rings is 1. The molecule has 218 valence electrons. The number of aliphatic hydroxyl groups is 3. The lowest BCUT2D eigenvalue weighted by molar-refractivity contribution is -0.757. The molecular formula is C28H40ClNO9. The number of allylic oxidation sites excluding steroid dienone is 2. The van der Waals surface area contributed by atoms with Gasteiger partial charge in [-0.05, 0) is 62.6 Å². The number of rotatable bonds is 19. The second-order valence-electron chi connectivity index (χ2n) is 9.62. The van der Waals surface area contributed by atoms with Crippen molar-refractivity contribution in [3.63, 3.8) is 0 Å². The first-order chi connectivity index (χ1) is 18.8. The van der Waals surface area contributed by atoms with Crippen molar-refractivity contribution in [3.8, 4) is 5.75 Å². The molecule has 1 fully saturated rings. The smallest absolute Gasteiger partial charge is 0.305 e. The lowest BCUT2D eigenvalue weighted by Gasteiger charge is -2.19. The molecule has 0 aromatic heterocycles. The van der Waals surface area contributed by atoms with E-state index in [1.807, 2.05) is 12.2 Å². The molecule has 1 aliphatic carbocycles. The van der Waals surface area contributed by atoms with E-state index in [9.17, 15) is 30.2 Å². The maximum absolute atomic E-state index is 11.8. The van der Waals surface area contributed by atoms with Gasteiger partial charge in [-0.2, -0.15) is 0 Å². The van der Waals surface area contributed by atoms with E-state index >= 15 is 0 Å². The van der Waals surface area contributed by atoms with Gasteiger partial charge < -0.3 is 29.6 Å². The molecule has 1 saturated carbocycles. The molecular weight excluding hydrogens is 530 g/mol. The summed E-state index contributed by atoms with van der Waals surface area (Å²) in [6, 6.07) is 6.90. The number of halogens is 1. The minimum Gasteiger partial charge on any atom is -0.491 e. The van der Waals surface area contributed by atoms with Crippen LogP contribution in [0.4, 0.5) is 0 Å². The summed E-state index contributed by atoms with van der Waals surface area (Å²) in [5.41, 5.74) is 0. The predicted molar refractivity (Wildman–Crippen MR) is 146 cm³/mol. The molecule has 1 aliphatic rings. The summed E-state index contributed by atoms with van der Waals surface area (Å²) in [6.45, 7) is 0.460. The van der Waals surface area contributed by atoms with Crippen molar-refractivity contribution in [1.82, 2.24) is 0 Å². The molecule has 3 N–H and O–H groups in total. The van der Waals surface area contributed by atoms with Gasteiger partial charge in [-0.15, -0.1) is 10.1 Å². The van der Waals surface area contributed by atoms with Crippen LogP contribution in [0.5, 0.6) is 5.75 Å². The number of esters is 1. The van der Waals surface area contributed by atoms with E-state index in [-0.39, 0.29) is 37.4 Å². The predicted octanol–water partition coefficient (Wildman–Crippen LogP) is 4.42. The third-order valence-electron chi connectivity index (χ3n) is 6.51. The van der Waals surface area contributed by atoms with Gasteiger partial charge in [0.05, 0.1) is 25.4 Å². The second-order valence-corrected chi connectivity index (χ2v) is 10.1. The molecule has 0 unspecified atom stereocenters. The Kier molecular flexibility index (Phi) is 15.5. The van der Waals surface area contributed by atoms with Crippen LogP contribution in [-0.4, -0.2) is 64.5 Å². The van der Waals surface area contributed by atoms with Crippen LogP contribution in [0.2, 0.25) is 5.02 Å². The highest BCUT2D eigenvalue weighted by atomic mass is 35.5. The number of carbonyl (C=O) groups excluding carboxylic acids is 1. The number of carbonyl (C=O) groups is 1. The van der Waals surface area contributed by atoms with Gasteiger partial charge >= 0.3 is 5.97 Å². The van der Waals surface area contributed by atoms with Crippen LogP contribution < -0.4 is 4.74 Å². The van der Waals surface area contributed by atoms with Crippen LogP contribution in [0.15, 0.2) is 48.6 Å². The van der Waals surface area contributed by atoms with Gasteiger partial charge in [0.15, 0.2) is 0 Å². The fraction of sp³-hybridized carbons (Fsp3) is 0.607. The van der Waals surface area contributed by atoms with Gasteiger partial charge in [-0.3, -0.25) is 4.79 Å². The first-order valence-corrected chi connectivity index (χ1v) is 13.8. The molecule has 11 heteroatoms. The third kappa shape index (κ3) is 13.8. The molecule has 1 aromatic rings. The number of hydrogen-bond acceptors (Lipinski definition) is 9. The third-order valence-corrected chi connectivity index (χ3v) is 6.75. The van der Waals surface area contributed by atoms with Crippen LogP contribution in [0, 0.1) is 22.0 Å². The van der Waals surface area contributed by atoms with Crippen molar-refractivity contribution in [3.05, 3.63) is 63.7 Å². The van der Waals surface area contributed by atoms with E-state index in [2.05, 4.69) is 4.84 Å². The van der Waals surface area contributed by atoms with E-state index in [0.717, 1.165) is 12.8 Å². The molecule has 0 saturated heterocycles. The summed E-state index contributed by atoms with van der Waals surface area (Å²) in [5, 5.41) is 40.9. The maximum atomic E-state index is 11.8. The van der Waals surface area contributed by atoms with Crippen molar-refractivity contribution in [2.24, 2.45) is 11.8 Å². The lowest BCUT2D eigenvalue weighted by Crippen LogP contribution is -2.21. The Hall–Kier alpha value is -2.66. The first kappa shape index (κ1) is 32.6. The Morgan fingerprint density at radius 3 is 2.64 bits per heavy atom. The lowest BCUT2D eigenvalue weighted by atomic mass is 9.89. The maximum Gasteiger partial charge on any atom is 0.305 e. The number of unbranched alkanes of at least 4 members (excludes halogenated alkanes) is 4. The van der Waals surface area contributed by atoms with Crippen LogP contribution in [0.1, 0.15) is 57.8 Å². The van der Waals surface area contributed by atoms with Crippen molar-refractivity contribution >= 4 is 17.6 Å². The van der Waals surface area contributed by atoms with E-state index in [0.29, 0.717) is 55.9 Å². The van der Waals surface area contributed by atoms with Gasteiger partial charge in [0.2, 0.25) is 0 Å². The van der Waals surface area contributed by atoms with Gasteiger partial charge in [0.1, 0.15) is 18.5 Å². The molecule has 0 spiro atoms. The standard InChI is InChI=1S/C28H40ClNO9/c29-21-10-9-11-23(18-21)38-20-22(31)14-15-25-24(26(32)19-27(25)33)12-5-1-2-6-13-28(34)37-16-7-3-4-8-17-39-30(35)36/h1,5,9-11,14-15,18,22,24-27,31-33H,2-4,6-8,12-13,16-17,19-20H2/b5-1-,15-14+/t22-,24-,25-,26+,27-/m1/s1. The summed E-state index contributed by atoms with van der Waals surface area (Å²) in [4.78, 5) is 26.1. The Morgan fingerprint density at radius 2 is 1.90 bits per heavy atom. The zero-order chi connectivity index (χ0) is 28.5. The SMILES string of the molecule is O=C(CCC/C=C\C[C@@H]1[C@@H](/C=C/[C@@H](O)COc2cccc(Cl)c2)[C@H](O)C[C@@H]1O)OCCCCCCO[N+](=O)[O-]. The first-order valence-electron chi connectivity index (χ1n) is 13.4. The highest BCUT2D eigenvalue weighted by molar-refractivity contribution is 6.30. The molecule has 5 atom stereocenters. The monoisotopic (exact) mass is 569 g/mol. The van der Waals surface area contributed by atoms with Crippen molar-refractivity contribution in [1.29, 1.82) is 0 Å². The Morgan fingerprint density at radius 1 is 1.13 bits per heavy atom. The van der Waals surface area contributed by atoms with Crippen LogP contribution in [-0.2, 0) is 14.4 Å². The fourth-order valence-electron chi connectivity index (χ4n) is 4.45. The minimum atomic E-state index is -0.875. The molecule has 39 heavy (non-hydrogen) atoms. The van der Waals surface area contributed by atoms with E-state index < -0.39 is 23.4 Å². The van der Waals surface area contributed by atoms with Gasteiger partial charge in [0.25, 0.3) is 5.09 Å². The largest absolute Gasteiger partial charge is 0.491 e. The van der Waals surface area contributed by atoms with Gasteiger partial charge in [-0.1, -0.05) is 48.4 Å². The Bertz CT molecular complexity index is 926. The number of ether oxygens (including phenoxy) is 2. The molecule has 0 amide bonds. The van der Waals surface area contributed by atoms with Crippen molar-refractivity contribution < 1.29 is 39.5 Å². The second kappa shape index (κ2) is 18.6. The number of nitrogens with zero attached hydrogens (tertiary/aromatic N) is 1. The highest BCUT2D eigenvalue weighted by Crippen LogP contribution is 2.36. The number of aliphatic hydroxyl groups excluding tert-OH is 3. The van der Waals surface area contributed by atoms with Crippen molar-refractivity contribution in [2.45, 2.75) is 76.1 Å². The fourth-order valence-corrected chi connectivity index (χ4v) is 4.63. The topological polar surface area (TPSA) is 149 Å². The molecule has 0 aliphatic heterocycles. The summed E-state index contributed by atoms with van der Waals surface area (Å²) < 4.78 is 10.7. The molecule has 0 heterocycles. The quantitative estimate of drug-likeness (QED) is 0.0723. The highest BCUT2D eigenvalue weighted by Gasteiger charge is 2.39. The molecule has 10 nitrogen and oxygen atoms in total. The summed E-state index contributed by atoms with van der Waals surface area (Å²) in [6.07, 6.45) is 10.4. The van der Waals surface area contributed by atoms with Crippen LogP contribution in [0.3, 0.4) is 0 Å². The summed E-state index contributed by atoms with van der Waals surface area (Å²) in [5.74, 6) is -0.166. The van der Waals surface area contributed by atoms with Crippen LogP contribution >= 0.6 is 11.6 Å². The van der Waals surface area contributed by atoms with Crippen LogP contribution in [0.25, 0.3) is 0 Å². The van der Waals surface area contributed by atoms with Crippen molar-refractivity contribution in [2.75, 3.05) is 19.8 Å². The molecule has 0 radical (unpaired) electrons. The summed E-state index contributed by atoms with van der Waals surface area (Å²) >= 11 is 5.93. The normalized spacial score (nSPS) is 21.8. The van der Waals surface area contributed by atoms with Gasteiger partial charge in [-0.25, -0.2) is 0 Å².